The van der Waals surface area contributed by atoms with Crippen LogP contribution in [0.15, 0.2) is 72.8 Å². The van der Waals surface area contributed by atoms with Crippen LogP contribution in [-0.2, 0) is 32.8 Å². The summed E-state index contributed by atoms with van der Waals surface area (Å²) in [6, 6.07) is 20.1. The lowest BCUT2D eigenvalue weighted by Crippen LogP contribution is -2.53. The van der Waals surface area contributed by atoms with Gasteiger partial charge in [-0.1, -0.05) is 73.4 Å². The number of anilines is 1. The van der Waals surface area contributed by atoms with Crippen LogP contribution >= 0.6 is 23.2 Å². The molecular weight excluding hydrogens is 597 g/mol. The molecule has 0 radical (unpaired) electrons. The van der Waals surface area contributed by atoms with Gasteiger partial charge in [-0.3, -0.25) is 13.9 Å². The second kappa shape index (κ2) is 15.3. The first kappa shape index (κ1) is 33.2. The van der Waals surface area contributed by atoms with Crippen molar-refractivity contribution in [3.05, 3.63) is 94.0 Å². The standard InChI is InChI=1S/C31H37Cl2N3O5S/c1-5-22(3)34-31(38)29(6-2)35(19-26-27(32)13-10-14-28(26)33)30(37)20-36(42(4,39)40)24-15-17-25(18-16-24)41-21-23-11-8-7-9-12-23/h7-18,22,29H,5-6,19-21H2,1-4H3,(H,34,38)/t22-,29-/m0/s1. The molecule has 0 heterocycles. The van der Waals surface area contributed by atoms with E-state index < -0.39 is 28.5 Å². The Kier molecular flexibility index (Phi) is 12.1. The van der Waals surface area contributed by atoms with Crippen LogP contribution in [0.4, 0.5) is 5.69 Å². The third-order valence-electron chi connectivity index (χ3n) is 6.83. The number of hydrogen-bond acceptors (Lipinski definition) is 5. The second-order valence-corrected chi connectivity index (χ2v) is 12.7. The number of rotatable bonds is 14. The summed E-state index contributed by atoms with van der Waals surface area (Å²) in [6.45, 7) is 5.36. The van der Waals surface area contributed by atoms with E-state index in [9.17, 15) is 18.0 Å². The molecule has 0 unspecified atom stereocenters. The van der Waals surface area contributed by atoms with Crippen LogP contribution in [0.1, 0.15) is 44.7 Å². The van der Waals surface area contributed by atoms with Crippen LogP contribution in [0.5, 0.6) is 5.75 Å². The fraction of sp³-hybridized carbons (Fsp3) is 0.355. The highest BCUT2D eigenvalue weighted by Crippen LogP contribution is 2.28. The Bertz CT molecular complexity index is 1430. The average molecular weight is 635 g/mol. The summed E-state index contributed by atoms with van der Waals surface area (Å²) in [5.74, 6) is -0.369. The van der Waals surface area contributed by atoms with Crippen LogP contribution < -0.4 is 14.4 Å². The highest BCUT2D eigenvalue weighted by molar-refractivity contribution is 7.92. The van der Waals surface area contributed by atoms with Crippen LogP contribution in [0.2, 0.25) is 10.0 Å². The smallest absolute Gasteiger partial charge is 0.244 e. The first-order valence-corrected chi connectivity index (χ1v) is 16.3. The minimum Gasteiger partial charge on any atom is -0.489 e. The molecule has 11 heteroatoms. The van der Waals surface area contributed by atoms with Crippen molar-refractivity contribution in [3.63, 3.8) is 0 Å². The van der Waals surface area contributed by atoms with Crippen molar-refractivity contribution in [2.75, 3.05) is 17.1 Å². The number of amides is 2. The van der Waals surface area contributed by atoms with Crippen molar-refractivity contribution in [1.82, 2.24) is 10.2 Å². The van der Waals surface area contributed by atoms with Crippen LogP contribution in [0.3, 0.4) is 0 Å². The Morgan fingerprint density at radius 3 is 2.07 bits per heavy atom. The lowest BCUT2D eigenvalue weighted by atomic mass is 10.1. The molecular formula is C31H37Cl2N3O5S. The van der Waals surface area contributed by atoms with Crippen molar-refractivity contribution < 1.29 is 22.7 Å². The van der Waals surface area contributed by atoms with Gasteiger partial charge in [-0.15, -0.1) is 0 Å². The quantitative estimate of drug-likeness (QED) is 0.233. The van der Waals surface area contributed by atoms with Crippen molar-refractivity contribution >= 4 is 50.7 Å². The minimum atomic E-state index is -3.89. The summed E-state index contributed by atoms with van der Waals surface area (Å²) < 4.78 is 32.7. The van der Waals surface area contributed by atoms with Gasteiger partial charge in [0.1, 0.15) is 24.9 Å². The van der Waals surface area contributed by atoms with Crippen LogP contribution in [0.25, 0.3) is 0 Å². The molecule has 0 saturated carbocycles. The second-order valence-electron chi connectivity index (χ2n) is 10.0. The van der Waals surface area contributed by atoms with Gasteiger partial charge >= 0.3 is 0 Å². The van der Waals surface area contributed by atoms with Gasteiger partial charge in [-0.25, -0.2) is 8.42 Å². The molecule has 2 amide bonds. The molecule has 0 spiro atoms. The molecule has 0 aliphatic heterocycles. The zero-order valence-electron chi connectivity index (χ0n) is 24.2. The van der Waals surface area contributed by atoms with Gasteiger partial charge < -0.3 is 15.0 Å². The zero-order chi connectivity index (χ0) is 30.9. The highest BCUT2D eigenvalue weighted by Gasteiger charge is 2.33. The van der Waals surface area contributed by atoms with E-state index in [0.29, 0.717) is 40.8 Å². The third-order valence-corrected chi connectivity index (χ3v) is 8.68. The Morgan fingerprint density at radius 2 is 1.52 bits per heavy atom. The summed E-state index contributed by atoms with van der Waals surface area (Å²) in [7, 11) is -3.89. The lowest BCUT2D eigenvalue weighted by Gasteiger charge is -2.33. The molecule has 2 atom stereocenters. The maximum Gasteiger partial charge on any atom is 0.244 e. The normalized spacial score (nSPS) is 12.7. The first-order chi connectivity index (χ1) is 19.9. The maximum absolute atomic E-state index is 13.9. The van der Waals surface area contributed by atoms with Gasteiger partial charge in [0.2, 0.25) is 21.8 Å². The molecule has 1 N–H and O–H groups in total. The Balaban J connectivity index is 1.89. The Morgan fingerprint density at radius 1 is 0.905 bits per heavy atom. The van der Waals surface area contributed by atoms with Crippen LogP contribution in [0, 0.1) is 0 Å². The predicted octanol–water partition coefficient (Wildman–Crippen LogP) is 6.06. The molecule has 42 heavy (non-hydrogen) atoms. The highest BCUT2D eigenvalue weighted by atomic mass is 35.5. The topological polar surface area (TPSA) is 96.0 Å². The molecule has 3 aromatic carbocycles. The van der Waals surface area contributed by atoms with E-state index >= 15 is 0 Å². The van der Waals surface area contributed by atoms with Gasteiger partial charge in [0, 0.05) is 28.2 Å². The van der Waals surface area contributed by atoms with Gasteiger partial charge in [0.05, 0.1) is 11.9 Å². The lowest BCUT2D eigenvalue weighted by molar-refractivity contribution is -0.140. The number of ether oxygens (including phenoxy) is 1. The van der Waals surface area contributed by atoms with Gasteiger partial charge in [-0.2, -0.15) is 0 Å². The summed E-state index contributed by atoms with van der Waals surface area (Å²) in [5.41, 5.74) is 1.74. The SMILES string of the molecule is CC[C@H](C)NC(=O)[C@H](CC)N(Cc1c(Cl)cccc1Cl)C(=O)CN(c1ccc(OCc2ccccc2)cc1)S(C)(=O)=O. The molecule has 226 valence electrons. The number of nitrogens with zero attached hydrogens (tertiary/aromatic N) is 2. The fourth-order valence-electron chi connectivity index (χ4n) is 4.28. The summed E-state index contributed by atoms with van der Waals surface area (Å²) in [6.07, 6.45) is 2.03. The van der Waals surface area contributed by atoms with Gasteiger partial charge in [0.25, 0.3) is 0 Å². The largest absolute Gasteiger partial charge is 0.489 e. The van der Waals surface area contributed by atoms with E-state index in [1.54, 1.807) is 49.4 Å². The number of sulfonamides is 1. The number of carbonyl (C=O) groups excluding carboxylic acids is 2. The molecule has 0 aliphatic carbocycles. The monoisotopic (exact) mass is 633 g/mol. The number of carbonyl (C=O) groups is 2. The third kappa shape index (κ3) is 9.11. The summed E-state index contributed by atoms with van der Waals surface area (Å²) in [4.78, 5) is 28.6. The van der Waals surface area contributed by atoms with Crippen molar-refractivity contribution in [3.8, 4) is 5.75 Å². The molecule has 0 saturated heterocycles. The van der Waals surface area contributed by atoms with E-state index in [4.69, 9.17) is 27.9 Å². The molecule has 0 fully saturated rings. The molecule has 3 aromatic rings. The van der Waals surface area contributed by atoms with E-state index in [-0.39, 0.29) is 24.2 Å². The van der Waals surface area contributed by atoms with E-state index in [1.807, 2.05) is 44.2 Å². The zero-order valence-corrected chi connectivity index (χ0v) is 26.5. The van der Waals surface area contributed by atoms with E-state index in [2.05, 4.69) is 5.32 Å². The molecule has 3 rings (SSSR count). The molecule has 0 aliphatic rings. The van der Waals surface area contributed by atoms with Crippen LogP contribution in [-0.4, -0.2) is 50.0 Å². The van der Waals surface area contributed by atoms with Gasteiger partial charge in [-0.05, 0) is 61.7 Å². The van der Waals surface area contributed by atoms with Crippen molar-refractivity contribution in [1.29, 1.82) is 0 Å². The van der Waals surface area contributed by atoms with Crippen molar-refractivity contribution in [2.24, 2.45) is 0 Å². The van der Waals surface area contributed by atoms with E-state index in [0.717, 1.165) is 16.1 Å². The number of benzene rings is 3. The fourth-order valence-corrected chi connectivity index (χ4v) is 5.64. The minimum absolute atomic E-state index is 0.0758. The predicted molar refractivity (Wildman–Crippen MR) is 168 cm³/mol. The summed E-state index contributed by atoms with van der Waals surface area (Å²) in [5, 5.41) is 3.60. The van der Waals surface area contributed by atoms with Crippen molar-refractivity contribution in [2.45, 2.75) is 58.8 Å². The van der Waals surface area contributed by atoms with Gasteiger partial charge in [0.15, 0.2) is 0 Å². The van der Waals surface area contributed by atoms with E-state index in [1.165, 1.54) is 4.90 Å². The number of nitrogens with one attached hydrogen (secondary N) is 1. The summed E-state index contributed by atoms with van der Waals surface area (Å²) >= 11 is 12.9. The Labute approximate surface area is 258 Å². The Hall–Kier alpha value is -3.27. The average Bonchev–Trinajstić information content (AvgIpc) is 2.96. The maximum atomic E-state index is 13.9. The number of halogens is 2. The number of hydrogen-bond donors (Lipinski definition) is 1. The molecule has 0 aromatic heterocycles. The molecule has 0 bridgehead atoms. The molecule has 8 nitrogen and oxygen atoms in total. The first-order valence-electron chi connectivity index (χ1n) is 13.7.